The van der Waals surface area contributed by atoms with Crippen molar-refractivity contribution in [3.63, 3.8) is 0 Å². The van der Waals surface area contributed by atoms with E-state index in [1.807, 2.05) is 0 Å². The van der Waals surface area contributed by atoms with Crippen LogP contribution in [-0.2, 0) is 24.5 Å². The third-order valence-corrected chi connectivity index (χ3v) is 7.21. The van der Waals surface area contributed by atoms with Gasteiger partial charge in [0.2, 0.25) is 5.91 Å². The molecule has 0 atom stereocenters. The van der Waals surface area contributed by atoms with Gasteiger partial charge in [0.1, 0.15) is 13.2 Å². The van der Waals surface area contributed by atoms with E-state index >= 15 is 0 Å². The third kappa shape index (κ3) is 5.07. The molecule has 1 heterocycles. The molecule has 0 aromatic heterocycles. The molecule has 0 saturated heterocycles. The van der Waals surface area contributed by atoms with Crippen LogP contribution in [0.2, 0.25) is 0 Å². The summed E-state index contributed by atoms with van der Waals surface area (Å²) >= 11 is 0. The summed E-state index contributed by atoms with van der Waals surface area (Å²) in [6.45, 7) is 2.46. The fourth-order valence-corrected chi connectivity index (χ4v) is 4.64. The number of hydrogen-bond donors (Lipinski definition) is 1. The molecule has 156 valence electrons. The fourth-order valence-electron chi connectivity index (χ4n) is 2.74. The number of sulfone groups is 2. The molecule has 1 aliphatic heterocycles. The Bertz CT molecular complexity index is 1160. The number of benzene rings is 2. The van der Waals surface area contributed by atoms with Crippen molar-refractivity contribution in [2.24, 2.45) is 0 Å². The first kappa shape index (κ1) is 21.1. The van der Waals surface area contributed by atoms with Crippen LogP contribution in [0.5, 0.6) is 11.5 Å². The van der Waals surface area contributed by atoms with E-state index in [1.54, 1.807) is 13.0 Å². The maximum Gasteiger partial charge on any atom is 0.225 e. The van der Waals surface area contributed by atoms with Crippen molar-refractivity contribution in [3.05, 3.63) is 42.0 Å². The van der Waals surface area contributed by atoms with E-state index in [9.17, 15) is 21.6 Å². The topological polar surface area (TPSA) is 116 Å². The SMILES string of the molecule is Cc1ccc(S(C)(=O)=O)cc1NC(=O)CCS(=O)(=O)c1ccc2c(c1)OCCO2. The molecule has 0 radical (unpaired) electrons. The lowest BCUT2D eigenvalue weighted by Crippen LogP contribution is -2.19. The average Bonchev–Trinajstić information content (AvgIpc) is 2.67. The van der Waals surface area contributed by atoms with E-state index < -0.39 is 31.3 Å². The Morgan fingerprint density at radius 2 is 1.62 bits per heavy atom. The first-order valence-electron chi connectivity index (χ1n) is 8.79. The van der Waals surface area contributed by atoms with Crippen molar-refractivity contribution in [2.45, 2.75) is 23.1 Å². The Morgan fingerprint density at radius 3 is 2.31 bits per heavy atom. The van der Waals surface area contributed by atoms with Gasteiger partial charge in [0.15, 0.2) is 31.2 Å². The molecule has 0 fully saturated rings. The first-order valence-corrected chi connectivity index (χ1v) is 12.3. The summed E-state index contributed by atoms with van der Waals surface area (Å²) in [7, 11) is -7.14. The van der Waals surface area contributed by atoms with Crippen LogP contribution in [0.3, 0.4) is 0 Å². The second-order valence-corrected chi connectivity index (χ2v) is 10.8. The number of anilines is 1. The summed E-state index contributed by atoms with van der Waals surface area (Å²) in [5.41, 5.74) is 0.995. The van der Waals surface area contributed by atoms with Gasteiger partial charge in [-0.3, -0.25) is 4.79 Å². The molecule has 3 rings (SSSR count). The van der Waals surface area contributed by atoms with E-state index in [2.05, 4.69) is 5.32 Å². The molecule has 2 aromatic carbocycles. The van der Waals surface area contributed by atoms with Crippen molar-refractivity contribution in [2.75, 3.05) is 30.5 Å². The summed E-state index contributed by atoms with van der Waals surface area (Å²) in [4.78, 5) is 12.4. The van der Waals surface area contributed by atoms with Crippen molar-refractivity contribution in [1.82, 2.24) is 0 Å². The largest absolute Gasteiger partial charge is 0.486 e. The van der Waals surface area contributed by atoms with Crippen LogP contribution in [0.1, 0.15) is 12.0 Å². The smallest absolute Gasteiger partial charge is 0.225 e. The number of ether oxygens (including phenoxy) is 2. The molecule has 0 saturated carbocycles. The van der Waals surface area contributed by atoms with Crippen LogP contribution < -0.4 is 14.8 Å². The molecular formula is C19H21NO7S2. The van der Waals surface area contributed by atoms with E-state index in [0.717, 1.165) is 6.26 Å². The molecule has 0 spiro atoms. The zero-order valence-corrected chi connectivity index (χ0v) is 17.6. The van der Waals surface area contributed by atoms with E-state index in [4.69, 9.17) is 9.47 Å². The van der Waals surface area contributed by atoms with E-state index in [0.29, 0.717) is 36.0 Å². The highest BCUT2D eigenvalue weighted by atomic mass is 32.2. The molecule has 1 N–H and O–H groups in total. The summed E-state index contributed by atoms with van der Waals surface area (Å²) < 4.78 is 59.3. The Kier molecular flexibility index (Phi) is 5.85. The quantitative estimate of drug-likeness (QED) is 0.731. The van der Waals surface area contributed by atoms with Crippen LogP contribution in [-0.4, -0.2) is 48.0 Å². The van der Waals surface area contributed by atoms with Gasteiger partial charge in [-0.2, -0.15) is 0 Å². The minimum Gasteiger partial charge on any atom is -0.486 e. The summed E-state index contributed by atoms with van der Waals surface area (Å²) in [5.74, 6) is -0.0902. The average molecular weight is 440 g/mol. The lowest BCUT2D eigenvalue weighted by atomic mass is 10.2. The van der Waals surface area contributed by atoms with Gasteiger partial charge in [-0.15, -0.1) is 0 Å². The highest BCUT2D eigenvalue weighted by molar-refractivity contribution is 7.91. The number of nitrogens with one attached hydrogen (secondary N) is 1. The van der Waals surface area contributed by atoms with Gasteiger partial charge in [0.25, 0.3) is 0 Å². The van der Waals surface area contributed by atoms with Gasteiger partial charge in [0, 0.05) is 24.4 Å². The number of carbonyl (C=O) groups excluding carboxylic acids is 1. The molecule has 8 nitrogen and oxygen atoms in total. The second kappa shape index (κ2) is 8.03. The monoisotopic (exact) mass is 439 g/mol. The predicted molar refractivity (Wildman–Crippen MR) is 107 cm³/mol. The minimum atomic E-state index is -3.71. The zero-order chi connectivity index (χ0) is 21.2. The molecule has 0 bridgehead atoms. The number of fused-ring (bicyclic) bond motifs is 1. The Balaban J connectivity index is 1.69. The minimum absolute atomic E-state index is 0.0461. The summed E-state index contributed by atoms with van der Waals surface area (Å²) in [5, 5.41) is 2.58. The molecule has 10 heteroatoms. The number of amides is 1. The van der Waals surface area contributed by atoms with Gasteiger partial charge >= 0.3 is 0 Å². The summed E-state index contributed by atoms with van der Waals surface area (Å²) in [6, 6.07) is 8.73. The molecule has 0 aliphatic carbocycles. The van der Waals surface area contributed by atoms with Crippen LogP contribution in [0, 0.1) is 6.92 Å². The highest BCUT2D eigenvalue weighted by Crippen LogP contribution is 2.32. The molecule has 0 unspecified atom stereocenters. The number of carbonyl (C=O) groups is 1. The Hall–Kier alpha value is -2.59. The fraction of sp³-hybridized carbons (Fsp3) is 0.316. The summed E-state index contributed by atoms with van der Waals surface area (Å²) in [6.07, 6.45) is 0.794. The maximum absolute atomic E-state index is 12.6. The third-order valence-electron chi connectivity index (χ3n) is 4.38. The lowest BCUT2D eigenvalue weighted by molar-refractivity contribution is -0.115. The molecule has 1 amide bonds. The lowest BCUT2D eigenvalue weighted by Gasteiger charge is -2.18. The number of aryl methyl sites for hydroxylation is 1. The predicted octanol–water partition coefficient (Wildman–Crippen LogP) is 1.97. The molecule has 29 heavy (non-hydrogen) atoms. The van der Waals surface area contributed by atoms with Crippen molar-refractivity contribution in [3.8, 4) is 11.5 Å². The van der Waals surface area contributed by atoms with Gasteiger partial charge in [-0.05, 0) is 36.8 Å². The van der Waals surface area contributed by atoms with Crippen LogP contribution in [0.4, 0.5) is 5.69 Å². The van der Waals surface area contributed by atoms with Crippen molar-refractivity contribution in [1.29, 1.82) is 0 Å². The Morgan fingerprint density at radius 1 is 0.966 bits per heavy atom. The molecule has 1 aliphatic rings. The zero-order valence-electron chi connectivity index (χ0n) is 16.0. The maximum atomic E-state index is 12.6. The van der Waals surface area contributed by atoms with Gasteiger partial charge < -0.3 is 14.8 Å². The molecular weight excluding hydrogens is 418 g/mol. The van der Waals surface area contributed by atoms with Crippen LogP contribution in [0.15, 0.2) is 46.2 Å². The highest BCUT2D eigenvalue weighted by Gasteiger charge is 2.21. The number of hydrogen-bond acceptors (Lipinski definition) is 7. The van der Waals surface area contributed by atoms with Crippen molar-refractivity contribution < 1.29 is 31.1 Å². The normalized spacial score (nSPS) is 13.7. The Labute approximate surface area is 169 Å². The first-order chi connectivity index (χ1) is 13.6. The number of rotatable bonds is 6. The van der Waals surface area contributed by atoms with Crippen LogP contribution >= 0.6 is 0 Å². The molecule has 2 aromatic rings. The van der Waals surface area contributed by atoms with Crippen molar-refractivity contribution >= 4 is 31.3 Å². The van der Waals surface area contributed by atoms with Crippen LogP contribution in [0.25, 0.3) is 0 Å². The van der Waals surface area contributed by atoms with Gasteiger partial charge in [-0.1, -0.05) is 6.07 Å². The van der Waals surface area contributed by atoms with Gasteiger partial charge in [0.05, 0.1) is 15.5 Å². The standard InChI is InChI=1S/C19H21NO7S2/c1-13-3-4-14(28(2,22)23)11-16(13)20-19(21)7-10-29(24,25)15-5-6-17-18(12-15)27-9-8-26-17/h3-6,11-12H,7-10H2,1-2H3,(H,20,21). The van der Waals surface area contributed by atoms with Gasteiger partial charge in [-0.25, -0.2) is 16.8 Å². The second-order valence-electron chi connectivity index (χ2n) is 6.67. The van der Waals surface area contributed by atoms with E-state index in [1.165, 1.54) is 30.3 Å². The van der Waals surface area contributed by atoms with E-state index in [-0.39, 0.29) is 16.2 Å².